The van der Waals surface area contributed by atoms with Crippen LogP contribution in [0.5, 0.6) is 5.75 Å². The van der Waals surface area contributed by atoms with Crippen molar-refractivity contribution in [2.75, 3.05) is 5.32 Å². The first-order valence-electron chi connectivity index (χ1n) is 8.66. The number of H-pyrrole nitrogens is 1. The Labute approximate surface area is 161 Å². The number of anilines is 1. The van der Waals surface area contributed by atoms with Gasteiger partial charge in [-0.2, -0.15) is 0 Å². The number of hydrogen-bond donors (Lipinski definition) is 2. The highest BCUT2D eigenvalue weighted by molar-refractivity contribution is 7.14. The maximum absolute atomic E-state index is 12.4. The van der Waals surface area contributed by atoms with Crippen molar-refractivity contribution >= 4 is 33.3 Å². The van der Waals surface area contributed by atoms with E-state index in [1.54, 1.807) is 6.92 Å². The number of aromatic nitrogens is 2. The minimum atomic E-state index is -0.618. The molecule has 4 aromatic rings. The fourth-order valence-electron chi connectivity index (χ4n) is 2.89. The Bertz CT molecular complexity index is 1100. The number of amides is 1. The average Bonchev–Trinajstić information content (AvgIpc) is 3.28. The van der Waals surface area contributed by atoms with Gasteiger partial charge in [-0.25, -0.2) is 4.98 Å². The molecule has 136 valence electrons. The third-order valence-corrected chi connectivity index (χ3v) is 5.03. The van der Waals surface area contributed by atoms with E-state index in [2.05, 4.69) is 21.4 Å². The molecule has 0 unspecified atom stereocenters. The molecule has 2 aromatic carbocycles. The lowest BCUT2D eigenvalue weighted by Gasteiger charge is -2.14. The lowest BCUT2D eigenvalue weighted by atomic mass is 10.1. The summed E-state index contributed by atoms with van der Waals surface area (Å²) in [5, 5.41) is 6.45. The molecule has 0 bridgehead atoms. The number of rotatable bonds is 5. The predicted molar refractivity (Wildman–Crippen MR) is 109 cm³/mol. The van der Waals surface area contributed by atoms with Crippen molar-refractivity contribution in [3.63, 3.8) is 0 Å². The fourth-order valence-corrected chi connectivity index (χ4v) is 3.61. The topological polar surface area (TPSA) is 67.0 Å². The molecule has 0 saturated heterocycles. The van der Waals surface area contributed by atoms with E-state index in [9.17, 15) is 4.79 Å². The van der Waals surface area contributed by atoms with Gasteiger partial charge in [0.15, 0.2) is 11.2 Å². The van der Waals surface area contributed by atoms with Gasteiger partial charge in [0.1, 0.15) is 5.75 Å². The second-order valence-electron chi connectivity index (χ2n) is 6.35. The quantitative estimate of drug-likeness (QED) is 0.514. The highest BCUT2D eigenvalue weighted by Crippen LogP contribution is 2.31. The summed E-state index contributed by atoms with van der Waals surface area (Å²) in [6, 6.07) is 15.7. The van der Waals surface area contributed by atoms with Gasteiger partial charge in [-0.15, -0.1) is 11.3 Å². The zero-order valence-corrected chi connectivity index (χ0v) is 15.8. The van der Waals surface area contributed by atoms with E-state index in [1.807, 2.05) is 61.0 Å². The molecule has 5 nitrogen and oxygen atoms in total. The van der Waals surface area contributed by atoms with E-state index >= 15 is 0 Å². The van der Waals surface area contributed by atoms with Crippen LogP contribution in [0.25, 0.3) is 22.2 Å². The van der Waals surface area contributed by atoms with Crippen LogP contribution in [0.3, 0.4) is 0 Å². The number of carbonyl (C=O) groups is 1. The van der Waals surface area contributed by atoms with Gasteiger partial charge in [-0.3, -0.25) is 10.1 Å². The highest BCUT2D eigenvalue weighted by Gasteiger charge is 2.17. The van der Waals surface area contributed by atoms with Gasteiger partial charge in [0.2, 0.25) is 0 Å². The molecular formula is C21H19N3O2S. The van der Waals surface area contributed by atoms with Crippen molar-refractivity contribution in [3.8, 4) is 17.0 Å². The minimum Gasteiger partial charge on any atom is -0.481 e. The van der Waals surface area contributed by atoms with Crippen LogP contribution in [0.1, 0.15) is 12.5 Å². The summed E-state index contributed by atoms with van der Waals surface area (Å²) in [4.78, 5) is 20.2. The van der Waals surface area contributed by atoms with E-state index in [0.717, 1.165) is 27.7 Å². The third-order valence-electron chi connectivity index (χ3n) is 4.27. The molecular weight excluding hydrogens is 358 g/mol. The molecule has 0 aliphatic carbocycles. The highest BCUT2D eigenvalue weighted by atomic mass is 32.1. The third kappa shape index (κ3) is 3.71. The SMILES string of the molecule is Cc1cccc(O[C@@H](C)C(=O)Nc2nc(-c3c[nH]c4ccccc34)cs2)c1. The number of benzene rings is 2. The Morgan fingerprint density at radius 3 is 2.93 bits per heavy atom. The molecule has 0 spiro atoms. The molecule has 2 aromatic heterocycles. The molecule has 2 N–H and O–H groups in total. The first kappa shape index (κ1) is 17.3. The van der Waals surface area contributed by atoms with Crippen molar-refractivity contribution in [1.29, 1.82) is 0 Å². The molecule has 2 heterocycles. The van der Waals surface area contributed by atoms with Crippen molar-refractivity contribution in [3.05, 3.63) is 65.7 Å². The Hall–Kier alpha value is -3.12. The lowest BCUT2D eigenvalue weighted by Crippen LogP contribution is -2.30. The first-order chi connectivity index (χ1) is 13.1. The van der Waals surface area contributed by atoms with Gasteiger partial charge in [-0.1, -0.05) is 30.3 Å². The number of para-hydroxylation sites is 1. The van der Waals surface area contributed by atoms with E-state index in [4.69, 9.17) is 4.74 Å². The smallest absolute Gasteiger partial charge is 0.266 e. The number of thiazole rings is 1. The number of hydrogen-bond acceptors (Lipinski definition) is 4. The number of carbonyl (C=O) groups excluding carboxylic acids is 1. The van der Waals surface area contributed by atoms with Gasteiger partial charge < -0.3 is 9.72 Å². The number of ether oxygens (including phenoxy) is 1. The minimum absolute atomic E-state index is 0.226. The van der Waals surface area contributed by atoms with Crippen LogP contribution in [0.4, 0.5) is 5.13 Å². The molecule has 0 radical (unpaired) electrons. The summed E-state index contributed by atoms with van der Waals surface area (Å²) in [5.41, 5.74) is 4.00. The summed E-state index contributed by atoms with van der Waals surface area (Å²) >= 11 is 1.40. The van der Waals surface area contributed by atoms with Gasteiger partial charge in [0, 0.05) is 28.0 Å². The van der Waals surface area contributed by atoms with Crippen LogP contribution in [-0.2, 0) is 4.79 Å². The molecule has 1 amide bonds. The predicted octanol–water partition coefficient (Wildman–Crippen LogP) is 5.01. The Kier molecular flexibility index (Phi) is 4.64. The number of aromatic amines is 1. The summed E-state index contributed by atoms with van der Waals surface area (Å²) in [7, 11) is 0. The van der Waals surface area contributed by atoms with E-state index in [1.165, 1.54) is 11.3 Å². The standard InChI is InChI=1S/C21H19N3O2S/c1-13-6-5-7-15(10-13)26-14(2)20(25)24-21-23-19(12-27-21)17-11-22-18-9-4-3-8-16(17)18/h3-12,14,22H,1-2H3,(H,23,24,25)/t14-/m0/s1. The van der Waals surface area contributed by atoms with Crippen LogP contribution in [-0.4, -0.2) is 22.0 Å². The first-order valence-corrected chi connectivity index (χ1v) is 9.54. The largest absolute Gasteiger partial charge is 0.481 e. The second kappa shape index (κ2) is 7.25. The van der Waals surface area contributed by atoms with Crippen molar-refractivity contribution in [2.24, 2.45) is 0 Å². The maximum atomic E-state index is 12.4. The Morgan fingerprint density at radius 2 is 2.07 bits per heavy atom. The van der Waals surface area contributed by atoms with Gasteiger partial charge in [0.25, 0.3) is 5.91 Å². The molecule has 6 heteroatoms. The molecule has 1 atom stereocenters. The summed E-state index contributed by atoms with van der Waals surface area (Å²) in [5.74, 6) is 0.451. The molecule has 0 aliphatic rings. The zero-order chi connectivity index (χ0) is 18.8. The van der Waals surface area contributed by atoms with Crippen LogP contribution >= 0.6 is 11.3 Å². The molecule has 0 aliphatic heterocycles. The Balaban J connectivity index is 1.46. The summed E-state index contributed by atoms with van der Waals surface area (Å²) < 4.78 is 5.73. The normalized spacial score (nSPS) is 12.1. The summed E-state index contributed by atoms with van der Waals surface area (Å²) in [6.07, 6.45) is 1.32. The van der Waals surface area contributed by atoms with E-state index < -0.39 is 6.10 Å². The lowest BCUT2D eigenvalue weighted by molar-refractivity contribution is -0.122. The monoisotopic (exact) mass is 377 g/mol. The van der Waals surface area contributed by atoms with Crippen LogP contribution in [0.15, 0.2) is 60.1 Å². The Morgan fingerprint density at radius 1 is 1.22 bits per heavy atom. The van der Waals surface area contributed by atoms with Crippen LogP contribution < -0.4 is 10.1 Å². The zero-order valence-electron chi connectivity index (χ0n) is 15.0. The fraction of sp³-hybridized carbons (Fsp3) is 0.143. The van der Waals surface area contributed by atoms with Crippen LogP contribution in [0.2, 0.25) is 0 Å². The number of nitrogens with zero attached hydrogens (tertiary/aromatic N) is 1. The maximum Gasteiger partial charge on any atom is 0.266 e. The van der Waals surface area contributed by atoms with Crippen molar-refractivity contribution < 1.29 is 9.53 Å². The van der Waals surface area contributed by atoms with Crippen molar-refractivity contribution in [1.82, 2.24) is 9.97 Å². The van der Waals surface area contributed by atoms with E-state index in [0.29, 0.717) is 10.9 Å². The molecule has 0 saturated carbocycles. The summed E-state index contributed by atoms with van der Waals surface area (Å²) in [6.45, 7) is 3.71. The molecule has 4 rings (SSSR count). The average molecular weight is 377 g/mol. The number of aryl methyl sites for hydroxylation is 1. The van der Waals surface area contributed by atoms with Crippen LogP contribution in [0, 0.1) is 6.92 Å². The van der Waals surface area contributed by atoms with Gasteiger partial charge >= 0.3 is 0 Å². The molecule has 0 fully saturated rings. The molecule has 27 heavy (non-hydrogen) atoms. The van der Waals surface area contributed by atoms with Crippen molar-refractivity contribution in [2.45, 2.75) is 20.0 Å². The number of fused-ring (bicyclic) bond motifs is 1. The van der Waals surface area contributed by atoms with Gasteiger partial charge in [-0.05, 0) is 37.6 Å². The van der Waals surface area contributed by atoms with E-state index in [-0.39, 0.29) is 5.91 Å². The number of nitrogens with one attached hydrogen (secondary N) is 2. The second-order valence-corrected chi connectivity index (χ2v) is 7.21. The van der Waals surface area contributed by atoms with Gasteiger partial charge in [0.05, 0.1) is 5.69 Å².